The van der Waals surface area contributed by atoms with E-state index in [9.17, 15) is 0 Å². The molecule has 0 aliphatic heterocycles. The highest BCUT2D eigenvalue weighted by Crippen LogP contribution is 2.48. The molecule has 0 saturated carbocycles. The van der Waals surface area contributed by atoms with Crippen LogP contribution in [0.4, 0.5) is 0 Å². The molecule has 0 aliphatic carbocycles. The molecule has 6 nitrogen and oxygen atoms in total. The molecule has 27 rings (SSSR count). The smallest absolute Gasteiger partial charge is 0.0553 e. The van der Waals surface area contributed by atoms with E-state index in [0.29, 0.717) is 0 Å². The molecule has 0 bridgehead atoms. The van der Waals surface area contributed by atoms with Crippen molar-refractivity contribution in [3.8, 4) is 61.6 Å². The van der Waals surface area contributed by atoms with Gasteiger partial charge in [-0.3, -0.25) is 0 Å². The fourth-order valence-electron chi connectivity index (χ4n) is 20.2. The lowest BCUT2D eigenvalue weighted by Gasteiger charge is -2.13. The summed E-state index contributed by atoms with van der Waals surface area (Å²) < 4.78 is 7.26. The zero-order chi connectivity index (χ0) is 80.0. The molecule has 0 unspecified atom stereocenters. The zero-order valence-electron chi connectivity index (χ0n) is 66.3. The highest BCUT2D eigenvalue weighted by Gasteiger charge is 2.24. The molecular weight excluding hydrogens is 1480 g/mol. The molecule has 122 heavy (non-hydrogen) atoms. The van der Waals surface area contributed by atoms with Crippen LogP contribution < -0.4 is 0 Å². The number of aromatic nitrogens is 6. The van der Waals surface area contributed by atoms with Gasteiger partial charge in [-0.2, -0.15) is 0 Å². The number of nitrogens with one attached hydrogen (secondary N) is 3. The predicted octanol–water partition coefficient (Wildman–Crippen LogP) is 31.7. The van der Waals surface area contributed by atoms with Gasteiger partial charge in [0.05, 0.1) is 33.1 Å². The summed E-state index contributed by atoms with van der Waals surface area (Å²) in [6, 6.07) is 157. The molecule has 6 heterocycles. The predicted molar refractivity (Wildman–Crippen MR) is 520 cm³/mol. The first kappa shape index (κ1) is 68.9. The molecule has 0 amide bonds. The quantitative estimate of drug-likeness (QED) is 0.142. The van der Waals surface area contributed by atoms with Gasteiger partial charge in [0.2, 0.25) is 0 Å². The summed E-state index contributed by atoms with van der Waals surface area (Å²) in [7, 11) is 0. The number of aromatic amines is 3. The molecule has 0 saturated heterocycles. The summed E-state index contributed by atoms with van der Waals surface area (Å²) in [6.07, 6.45) is 0. The van der Waals surface area contributed by atoms with Gasteiger partial charge in [-0.15, -0.1) is 0 Å². The number of para-hydroxylation sites is 8. The fourth-order valence-corrected chi connectivity index (χ4v) is 20.2. The van der Waals surface area contributed by atoms with Crippen molar-refractivity contribution in [1.82, 2.24) is 28.7 Å². The second kappa shape index (κ2) is 27.7. The van der Waals surface area contributed by atoms with Gasteiger partial charge in [-0.05, 0) is 226 Å². The van der Waals surface area contributed by atoms with Crippen LogP contribution in [0.15, 0.2) is 431 Å². The summed E-state index contributed by atoms with van der Waals surface area (Å²) >= 11 is 0. The van der Waals surface area contributed by atoms with E-state index in [2.05, 4.69) is 459 Å². The molecular formula is C116H74N6. The minimum Gasteiger partial charge on any atom is -0.355 e. The first-order chi connectivity index (χ1) is 60.5. The average molecular weight is 1550 g/mol. The zero-order valence-corrected chi connectivity index (χ0v) is 66.3. The minimum atomic E-state index is 1.16. The Hall–Kier alpha value is -16.3. The van der Waals surface area contributed by atoms with E-state index in [1.54, 1.807) is 0 Å². The van der Waals surface area contributed by atoms with Gasteiger partial charge in [-0.25, -0.2) is 0 Å². The molecule has 6 heteroatoms. The number of benzene rings is 21. The van der Waals surface area contributed by atoms with Gasteiger partial charge in [0, 0.05) is 115 Å². The van der Waals surface area contributed by atoms with Crippen LogP contribution in [-0.2, 0) is 0 Å². The highest BCUT2D eigenvalue weighted by atomic mass is 15.0. The van der Waals surface area contributed by atoms with E-state index in [1.165, 1.54) is 241 Å². The average Bonchev–Trinajstić information content (AvgIpc) is 1.57. The standard InChI is InChI=1S/C44H28N2.C38H24N2.C34H22N2/c1-2-10-33(11-3-1)46-42-17-9-7-15-37(42)44-36-14-5-4-12-34(36)38(27-43(44)46)32-21-20-28-24-29(18-19-30(28)25-32)31-22-23-41-39(26-31)35-13-6-8-16-40(35)45-41;1-2-10-25-21-27(19-17-24(25)9-1)40-36-16-8-6-14-32(36)38-31-13-4-3-11-28(31)33(23-37(38)40)26-18-20-30-29-12-5-7-15-34(29)39-35(30)22-26;1-2-10-23(11-3-1)36-32-17-9-7-15-28(32)34-27-14-5-4-12-24(27)29(21-33(34)36)22-18-19-26-25-13-6-8-16-30(25)35-31(26)20-22/h1-27,45H;1-23,39H;1-21,35H. The van der Waals surface area contributed by atoms with E-state index in [-0.39, 0.29) is 0 Å². The number of nitrogens with zero attached hydrogens (tertiary/aromatic N) is 3. The van der Waals surface area contributed by atoms with E-state index in [4.69, 9.17) is 0 Å². The number of hydrogen-bond donors (Lipinski definition) is 3. The highest BCUT2D eigenvalue weighted by molar-refractivity contribution is 6.28. The number of H-pyrrole nitrogens is 3. The van der Waals surface area contributed by atoms with Crippen molar-refractivity contribution in [3.05, 3.63) is 431 Å². The van der Waals surface area contributed by atoms with Crippen molar-refractivity contribution in [3.63, 3.8) is 0 Å². The van der Waals surface area contributed by atoms with Crippen LogP contribution in [0.2, 0.25) is 0 Å². The maximum atomic E-state index is 3.64. The first-order valence-corrected chi connectivity index (χ1v) is 42.0. The molecule has 0 aliphatic rings. The van der Waals surface area contributed by atoms with E-state index in [1.807, 2.05) is 0 Å². The Labute approximate surface area is 700 Å². The summed E-state index contributed by atoms with van der Waals surface area (Å²) in [5.41, 5.74) is 27.8. The topological polar surface area (TPSA) is 62.2 Å². The molecule has 21 aromatic carbocycles. The Morgan fingerprint density at radius 1 is 0.139 bits per heavy atom. The lowest BCUT2D eigenvalue weighted by molar-refractivity contribution is 1.18. The Balaban J connectivity index is 0.000000102. The number of rotatable bonds is 7. The molecule has 0 spiro atoms. The summed E-state index contributed by atoms with van der Waals surface area (Å²) in [4.78, 5) is 10.8. The molecule has 6 aromatic heterocycles. The van der Waals surface area contributed by atoms with Crippen LogP contribution in [0.25, 0.3) is 246 Å². The van der Waals surface area contributed by atoms with Crippen LogP contribution in [0.3, 0.4) is 0 Å². The van der Waals surface area contributed by atoms with Crippen LogP contribution in [-0.4, -0.2) is 28.7 Å². The van der Waals surface area contributed by atoms with Crippen LogP contribution in [0, 0.1) is 0 Å². The molecule has 0 fully saturated rings. The van der Waals surface area contributed by atoms with E-state index >= 15 is 0 Å². The lowest BCUT2D eigenvalue weighted by Crippen LogP contribution is -1.94. The molecule has 0 radical (unpaired) electrons. The van der Waals surface area contributed by atoms with E-state index in [0.717, 1.165) is 5.52 Å². The monoisotopic (exact) mass is 1550 g/mol. The Morgan fingerprint density at radius 3 is 0.902 bits per heavy atom. The number of hydrogen-bond acceptors (Lipinski definition) is 0. The van der Waals surface area contributed by atoms with Gasteiger partial charge in [0.25, 0.3) is 0 Å². The normalized spacial score (nSPS) is 11.9. The second-order valence-corrected chi connectivity index (χ2v) is 32.4. The second-order valence-electron chi connectivity index (χ2n) is 32.4. The summed E-state index contributed by atoms with van der Waals surface area (Å²) in [5, 5.41) is 28.0. The third-order valence-electron chi connectivity index (χ3n) is 25.7. The van der Waals surface area contributed by atoms with Crippen LogP contribution in [0.1, 0.15) is 0 Å². The van der Waals surface area contributed by atoms with Gasteiger partial charge in [0.1, 0.15) is 0 Å². The molecule has 0 atom stereocenters. The van der Waals surface area contributed by atoms with Crippen molar-refractivity contribution >= 4 is 185 Å². The van der Waals surface area contributed by atoms with Gasteiger partial charge >= 0.3 is 0 Å². The Kier molecular flexibility index (Phi) is 15.6. The maximum absolute atomic E-state index is 3.64. The largest absolute Gasteiger partial charge is 0.355 e. The van der Waals surface area contributed by atoms with Gasteiger partial charge < -0.3 is 28.7 Å². The fraction of sp³-hybridized carbons (Fsp3) is 0. The first-order valence-electron chi connectivity index (χ1n) is 42.0. The maximum Gasteiger partial charge on any atom is 0.0553 e. The van der Waals surface area contributed by atoms with Crippen molar-refractivity contribution < 1.29 is 0 Å². The van der Waals surface area contributed by atoms with E-state index < -0.39 is 0 Å². The van der Waals surface area contributed by atoms with Crippen molar-refractivity contribution in [2.45, 2.75) is 0 Å². The number of fused-ring (bicyclic) bond motifs is 26. The third-order valence-corrected chi connectivity index (χ3v) is 25.7. The molecule has 3 N–H and O–H groups in total. The third kappa shape index (κ3) is 11.0. The molecule has 568 valence electrons. The van der Waals surface area contributed by atoms with Crippen molar-refractivity contribution in [2.24, 2.45) is 0 Å². The lowest BCUT2D eigenvalue weighted by atomic mass is 9.92. The minimum absolute atomic E-state index is 1.16. The van der Waals surface area contributed by atoms with Crippen molar-refractivity contribution in [1.29, 1.82) is 0 Å². The molecule has 27 aromatic rings. The summed E-state index contributed by atoms with van der Waals surface area (Å²) in [6.45, 7) is 0. The Morgan fingerprint density at radius 2 is 0.434 bits per heavy atom. The SMILES string of the molecule is c1ccc(-n2c3ccccc3c3c4ccccc4c(-c4ccc5c(c4)[nH]c4ccccc45)cc32)cc1.c1ccc(-n2c3ccccc3c3c4ccccc4c(-c4ccc5cc(-c6ccc7[nH]c8ccccc8c7c6)ccc5c4)cc32)cc1.c1ccc2cc(-n3c4ccccc4c4c5ccccc5c(-c5ccc6c(c5)[nH]c5ccccc56)cc43)ccc2c1. The van der Waals surface area contributed by atoms with Gasteiger partial charge in [0.15, 0.2) is 0 Å². The summed E-state index contributed by atoms with van der Waals surface area (Å²) in [5.74, 6) is 0. The van der Waals surface area contributed by atoms with Gasteiger partial charge in [-0.1, -0.05) is 303 Å². The van der Waals surface area contributed by atoms with Crippen LogP contribution in [0.5, 0.6) is 0 Å². The Bertz CT molecular complexity index is 8970. The van der Waals surface area contributed by atoms with Crippen molar-refractivity contribution in [2.75, 3.05) is 0 Å². The van der Waals surface area contributed by atoms with Crippen LogP contribution >= 0.6 is 0 Å².